The Bertz CT molecular complexity index is 1500. The van der Waals surface area contributed by atoms with Crippen LogP contribution in [0, 0.1) is 6.92 Å². The van der Waals surface area contributed by atoms with Crippen molar-refractivity contribution in [3.8, 4) is 5.75 Å². The smallest absolute Gasteiger partial charge is 0.255 e. The molecule has 0 saturated carbocycles. The van der Waals surface area contributed by atoms with Gasteiger partial charge in [0.05, 0.1) is 5.57 Å². The first-order valence-corrected chi connectivity index (χ1v) is 14.6. The van der Waals surface area contributed by atoms with E-state index in [4.69, 9.17) is 14.8 Å². The van der Waals surface area contributed by atoms with E-state index in [9.17, 15) is 4.79 Å². The summed E-state index contributed by atoms with van der Waals surface area (Å²) in [6, 6.07) is 23.0. The van der Waals surface area contributed by atoms with Crippen LogP contribution >= 0.6 is 27.7 Å². The number of rotatable bonds is 9. The Labute approximate surface area is 241 Å². The standard InChI is InChI=1S/C30H30BrN5O2S/c1-4-16-39-30-34-29-32-20(3)26(28(37)33-23-8-6-5-7-9-23)27(36(29)35-30)24-17-22(31)14-15-25(24)38-18-21-12-10-19(2)11-13-21/h5-15,17,27H,4,16,18H2,1-3H3,(H,33,37)(H,32,34,35). The molecule has 5 rings (SSSR count). The minimum Gasteiger partial charge on any atom is -0.489 e. The number of aryl methyl sites for hydroxylation is 1. The molecule has 0 aliphatic carbocycles. The van der Waals surface area contributed by atoms with Crippen LogP contribution in [-0.2, 0) is 11.4 Å². The molecule has 9 heteroatoms. The van der Waals surface area contributed by atoms with Gasteiger partial charge in [0.2, 0.25) is 11.1 Å². The van der Waals surface area contributed by atoms with Crippen LogP contribution in [0.2, 0.25) is 0 Å². The summed E-state index contributed by atoms with van der Waals surface area (Å²) < 4.78 is 9.05. The average molecular weight is 605 g/mol. The predicted octanol–water partition coefficient (Wildman–Crippen LogP) is 7.36. The van der Waals surface area contributed by atoms with Crippen molar-refractivity contribution in [2.24, 2.45) is 0 Å². The molecule has 0 radical (unpaired) electrons. The second-order valence-corrected chi connectivity index (χ2v) is 11.3. The van der Waals surface area contributed by atoms with Crippen LogP contribution in [0.5, 0.6) is 5.75 Å². The largest absolute Gasteiger partial charge is 0.489 e. The first-order valence-electron chi connectivity index (χ1n) is 12.8. The molecular weight excluding hydrogens is 574 g/mol. The molecule has 2 N–H and O–H groups in total. The zero-order valence-electron chi connectivity index (χ0n) is 22.1. The number of allylic oxidation sites excluding steroid dienone is 1. The molecule has 0 bridgehead atoms. The van der Waals surface area contributed by atoms with Gasteiger partial charge in [-0.15, -0.1) is 5.10 Å². The van der Waals surface area contributed by atoms with Gasteiger partial charge in [0.15, 0.2) is 0 Å². The second-order valence-electron chi connectivity index (χ2n) is 9.35. The third kappa shape index (κ3) is 6.20. The van der Waals surface area contributed by atoms with Crippen LogP contribution in [0.1, 0.15) is 43.0 Å². The normalized spacial score (nSPS) is 14.5. The monoisotopic (exact) mass is 603 g/mol. The summed E-state index contributed by atoms with van der Waals surface area (Å²) in [7, 11) is 0. The average Bonchev–Trinajstić information content (AvgIpc) is 3.34. The molecule has 200 valence electrons. The fourth-order valence-electron chi connectivity index (χ4n) is 4.40. The molecule has 1 atom stereocenters. The molecule has 7 nitrogen and oxygen atoms in total. The summed E-state index contributed by atoms with van der Waals surface area (Å²) in [6.07, 6.45) is 1.01. The molecule has 3 aromatic carbocycles. The van der Waals surface area contributed by atoms with E-state index in [1.807, 2.05) is 55.5 Å². The van der Waals surface area contributed by atoms with E-state index in [2.05, 4.69) is 64.7 Å². The number of fused-ring (bicyclic) bond motifs is 1. The lowest BCUT2D eigenvalue weighted by Gasteiger charge is -2.30. The van der Waals surface area contributed by atoms with E-state index in [1.165, 1.54) is 5.56 Å². The molecule has 0 spiro atoms. The van der Waals surface area contributed by atoms with Gasteiger partial charge in [-0.3, -0.25) is 4.79 Å². The molecule has 0 saturated heterocycles. The van der Waals surface area contributed by atoms with Gasteiger partial charge >= 0.3 is 0 Å². The maximum atomic E-state index is 13.8. The van der Waals surface area contributed by atoms with Crippen molar-refractivity contribution in [3.05, 3.63) is 105 Å². The SMILES string of the molecule is CCCSc1nc2n(n1)C(c1cc(Br)ccc1OCc1ccc(C)cc1)C(C(=O)Nc1ccccc1)=C(C)N2. The Kier molecular flexibility index (Phi) is 8.38. The minimum absolute atomic E-state index is 0.218. The highest BCUT2D eigenvalue weighted by molar-refractivity contribution is 9.10. The Hall–Kier alpha value is -3.56. The number of hydrogen-bond donors (Lipinski definition) is 2. The number of carbonyl (C=O) groups excluding carboxylic acids is 1. The topological polar surface area (TPSA) is 81.1 Å². The van der Waals surface area contributed by atoms with Crippen molar-refractivity contribution in [1.29, 1.82) is 0 Å². The summed E-state index contributed by atoms with van der Waals surface area (Å²) >= 11 is 5.23. The predicted molar refractivity (Wildman–Crippen MR) is 160 cm³/mol. The van der Waals surface area contributed by atoms with Gasteiger partial charge in [-0.1, -0.05) is 82.6 Å². The summed E-state index contributed by atoms with van der Waals surface area (Å²) in [5.41, 5.74) is 5.05. The summed E-state index contributed by atoms with van der Waals surface area (Å²) in [5, 5.41) is 11.9. The third-order valence-electron chi connectivity index (χ3n) is 6.33. The van der Waals surface area contributed by atoms with Gasteiger partial charge in [0.25, 0.3) is 5.91 Å². The highest BCUT2D eigenvalue weighted by Crippen LogP contribution is 2.41. The Morgan fingerprint density at radius 3 is 2.62 bits per heavy atom. The number of amides is 1. The highest BCUT2D eigenvalue weighted by atomic mass is 79.9. The van der Waals surface area contributed by atoms with Crippen LogP contribution in [0.15, 0.2) is 93.7 Å². The van der Waals surface area contributed by atoms with Gasteiger partial charge < -0.3 is 15.4 Å². The maximum absolute atomic E-state index is 13.8. The van der Waals surface area contributed by atoms with Crippen LogP contribution < -0.4 is 15.4 Å². The molecule has 39 heavy (non-hydrogen) atoms. The van der Waals surface area contributed by atoms with Crippen molar-refractivity contribution < 1.29 is 9.53 Å². The molecule has 2 heterocycles. The summed E-state index contributed by atoms with van der Waals surface area (Å²) in [6.45, 7) is 6.49. The summed E-state index contributed by atoms with van der Waals surface area (Å²) in [5.74, 6) is 1.96. The van der Waals surface area contributed by atoms with E-state index in [0.29, 0.717) is 34.7 Å². The fraction of sp³-hybridized carbons (Fsp3) is 0.233. The first kappa shape index (κ1) is 27.0. The Balaban J connectivity index is 1.57. The number of para-hydroxylation sites is 1. The van der Waals surface area contributed by atoms with Crippen LogP contribution in [0.3, 0.4) is 0 Å². The Morgan fingerprint density at radius 1 is 1.10 bits per heavy atom. The zero-order chi connectivity index (χ0) is 27.4. The van der Waals surface area contributed by atoms with Crippen molar-refractivity contribution >= 4 is 45.2 Å². The van der Waals surface area contributed by atoms with Gasteiger partial charge in [0.1, 0.15) is 18.4 Å². The number of aromatic nitrogens is 3. The van der Waals surface area contributed by atoms with Crippen molar-refractivity contribution in [3.63, 3.8) is 0 Å². The van der Waals surface area contributed by atoms with E-state index >= 15 is 0 Å². The molecule has 0 fully saturated rings. The van der Waals surface area contributed by atoms with Gasteiger partial charge in [0, 0.05) is 27.2 Å². The number of nitrogens with zero attached hydrogens (tertiary/aromatic N) is 3. The number of benzene rings is 3. The van der Waals surface area contributed by atoms with Crippen LogP contribution in [0.25, 0.3) is 0 Å². The third-order valence-corrected chi connectivity index (χ3v) is 7.86. The lowest BCUT2D eigenvalue weighted by molar-refractivity contribution is -0.113. The van der Waals surface area contributed by atoms with Crippen LogP contribution in [0.4, 0.5) is 11.6 Å². The van der Waals surface area contributed by atoms with Gasteiger partial charge in [-0.25, -0.2) is 4.68 Å². The van der Waals surface area contributed by atoms with Gasteiger partial charge in [-0.2, -0.15) is 4.98 Å². The zero-order valence-corrected chi connectivity index (χ0v) is 24.5. The lowest BCUT2D eigenvalue weighted by atomic mass is 9.94. The second kappa shape index (κ2) is 12.1. The minimum atomic E-state index is -0.557. The van der Waals surface area contributed by atoms with Crippen molar-refractivity contribution in [2.45, 2.75) is 45.0 Å². The van der Waals surface area contributed by atoms with E-state index in [0.717, 1.165) is 33.5 Å². The van der Waals surface area contributed by atoms with E-state index in [1.54, 1.807) is 16.4 Å². The van der Waals surface area contributed by atoms with Crippen LogP contribution in [-0.4, -0.2) is 26.4 Å². The molecule has 1 amide bonds. The number of carbonyl (C=O) groups is 1. The highest BCUT2D eigenvalue weighted by Gasteiger charge is 2.36. The molecule has 1 unspecified atom stereocenters. The van der Waals surface area contributed by atoms with Crippen molar-refractivity contribution in [2.75, 3.05) is 16.4 Å². The molecular formula is C30H30BrN5O2S. The number of anilines is 2. The van der Waals surface area contributed by atoms with Crippen molar-refractivity contribution in [1.82, 2.24) is 14.8 Å². The molecule has 1 aliphatic rings. The van der Waals surface area contributed by atoms with E-state index in [-0.39, 0.29) is 5.91 Å². The quantitative estimate of drug-likeness (QED) is 0.195. The number of hydrogen-bond acceptors (Lipinski definition) is 6. The number of thioether (sulfide) groups is 1. The number of nitrogens with one attached hydrogen (secondary N) is 2. The van der Waals surface area contributed by atoms with Gasteiger partial charge in [-0.05, 0) is 56.2 Å². The maximum Gasteiger partial charge on any atom is 0.255 e. The number of halogens is 1. The fourth-order valence-corrected chi connectivity index (χ4v) is 5.46. The molecule has 4 aromatic rings. The first-order chi connectivity index (χ1) is 18.9. The summed E-state index contributed by atoms with van der Waals surface area (Å²) in [4.78, 5) is 18.6. The number of ether oxygens (including phenoxy) is 1. The molecule has 1 aliphatic heterocycles. The lowest BCUT2D eigenvalue weighted by Crippen LogP contribution is -2.31. The van der Waals surface area contributed by atoms with E-state index < -0.39 is 6.04 Å². The molecule has 1 aromatic heterocycles. The Morgan fingerprint density at radius 2 is 1.87 bits per heavy atom.